The maximum atomic E-state index is 12.6. The van der Waals surface area contributed by atoms with E-state index < -0.39 is 6.29 Å². The Morgan fingerprint density at radius 2 is 1.31 bits per heavy atom. The summed E-state index contributed by atoms with van der Waals surface area (Å²) >= 11 is 0. The van der Waals surface area contributed by atoms with Crippen molar-refractivity contribution in [3.8, 4) is 0 Å². The van der Waals surface area contributed by atoms with Gasteiger partial charge in [-0.3, -0.25) is 0 Å². The van der Waals surface area contributed by atoms with Gasteiger partial charge >= 0.3 is 6.03 Å². The average Bonchev–Trinajstić information content (AvgIpc) is 3.14. The number of ether oxygens (including phenoxy) is 2. The number of urea groups is 1. The van der Waals surface area contributed by atoms with Crippen molar-refractivity contribution in [1.29, 1.82) is 0 Å². The molecule has 0 radical (unpaired) electrons. The number of unbranched alkanes of at least 4 members (excludes halogenated alkanes) is 10. The number of aliphatic hydroxyl groups is 1. The van der Waals surface area contributed by atoms with Crippen molar-refractivity contribution in [1.82, 2.24) is 10.2 Å². The molecule has 0 aliphatic carbocycles. The maximum absolute atomic E-state index is 12.6. The van der Waals surface area contributed by atoms with Crippen LogP contribution in [0.15, 0.2) is 78.9 Å². The van der Waals surface area contributed by atoms with E-state index in [0.717, 1.165) is 48.3 Å². The Labute approximate surface area is 295 Å². The minimum absolute atomic E-state index is 0.0167. The van der Waals surface area contributed by atoms with Crippen LogP contribution in [0.1, 0.15) is 132 Å². The first kappa shape index (κ1) is 38.6. The van der Waals surface area contributed by atoms with Gasteiger partial charge in [0.15, 0.2) is 6.29 Å². The fraction of sp³-hybridized carbons (Fsp3) is 0.548. The molecule has 1 fully saturated rings. The normalized spacial score (nSPS) is 17.7. The molecule has 0 saturated carbocycles. The Morgan fingerprint density at radius 3 is 1.92 bits per heavy atom. The summed E-state index contributed by atoms with van der Waals surface area (Å²) < 4.78 is 13.3. The Morgan fingerprint density at radius 1 is 0.714 bits per heavy atom. The largest absolute Gasteiger partial charge is 0.392 e. The average molecular weight is 672 g/mol. The van der Waals surface area contributed by atoms with Gasteiger partial charge in [-0.15, -0.1) is 0 Å². The van der Waals surface area contributed by atoms with Gasteiger partial charge in [0.05, 0.1) is 18.8 Å². The molecule has 3 atom stereocenters. The second-order valence-corrected chi connectivity index (χ2v) is 13.6. The van der Waals surface area contributed by atoms with Crippen LogP contribution in [-0.2, 0) is 22.6 Å². The molecule has 0 bridgehead atoms. The Kier molecular flexibility index (Phi) is 17.7. The van der Waals surface area contributed by atoms with Crippen molar-refractivity contribution in [2.24, 2.45) is 0 Å². The summed E-state index contributed by atoms with van der Waals surface area (Å²) in [6.45, 7) is 8.13. The van der Waals surface area contributed by atoms with Crippen LogP contribution in [0.4, 0.5) is 10.5 Å². The van der Waals surface area contributed by atoms with Gasteiger partial charge in [0.1, 0.15) is 0 Å². The van der Waals surface area contributed by atoms with Gasteiger partial charge in [0.2, 0.25) is 0 Å². The van der Waals surface area contributed by atoms with Crippen LogP contribution in [-0.4, -0.2) is 41.8 Å². The minimum Gasteiger partial charge on any atom is -0.392 e. The zero-order valence-corrected chi connectivity index (χ0v) is 30.1. The molecule has 7 nitrogen and oxygen atoms in total. The number of carbonyl (C=O) groups is 1. The van der Waals surface area contributed by atoms with E-state index in [4.69, 9.17) is 9.47 Å². The topological polar surface area (TPSA) is 83.1 Å². The Balaban J connectivity index is 1.41. The molecule has 0 aromatic heterocycles. The fourth-order valence-corrected chi connectivity index (χ4v) is 6.52. The molecule has 1 saturated heterocycles. The molecule has 1 aliphatic heterocycles. The van der Waals surface area contributed by atoms with E-state index in [1.807, 2.05) is 66.7 Å². The van der Waals surface area contributed by atoms with Crippen LogP contribution in [0.2, 0.25) is 0 Å². The van der Waals surface area contributed by atoms with Crippen molar-refractivity contribution in [2.45, 2.75) is 129 Å². The lowest BCUT2D eigenvalue weighted by atomic mass is 9.99. The predicted molar refractivity (Wildman–Crippen MR) is 200 cm³/mol. The van der Waals surface area contributed by atoms with Crippen LogP contribution >= 0.6 is 0 Å². The first-order chi connectivity index (χ1) is 24.1. The number of anilines is 1. The summed E-state index contributed by atoms with van der Waals surface area (Å²) in [4.78, 5) is 15.2. The van der Waals surface area contributed by atoms with Gasteiger partial charge in [-0.25, -0.2) is 4.79 Å². The Hall–Kier alpha value is -3.23. The van der Waals surface area contributed by atoms with E-state index in [1.54, 1.807) is 0 Å². The van der Waals surface area contributed by atoms with Gasteiger partial charge in [-0.1, -0.05) is 145 Å². The SMILES string of the molecule is CCCCCCCCN(CCCCCCCC)CC1CC(c2ccc(CO)cc2)OC(c2ccc(NC(=O)NCc3ccccc3)cc2)O1. The summed E-state index contributed by atoms with van der Waals surface area (Å²) in [5, 5.41) is 15.5. The van der Waals surface area contributed by atoms with E-state index in [-0.39, 0.29) is 24.8 Å². The number of hydrogen-bond acceptors (Lipinski definition) is 5. The highest BCUT2D eigenvalue weighted by Crippen LogP contribution is 2.38. The van der Waals surface area contributed by atoms with E-state index in [2.05, 4.69) is 41.5 Å². The summed E-state index contributed by atoms with van der Waals surface area (Å²) in [7, 11) is 0. The van der Waals surface area contributed by atoms with Crippen LogP contribution in [0.25, 0.3) is 0 Å². The lowest BCUT2D eigenvalue weighted by molar-refractivity contribution is -0.253. The molecule has 3 aromatic rings. The highest BCUT2D eigenvalue weighted by Gasteiger charge is 2.33. The molecule has 268 valence electrons. The summed E-state index contributed by atoms with van der Waals surface area (Å²) in [5.41, 5.74) is 4.68. The van der Waals surface area contributed by atoms with Crippen molar-refractivity contribution in [2.75, 3.05) is 25.0 Å². The van der Waals surface area contributed by atoms with Crippen molar-refractivity contribution in [3.63, 3.8) is 0 Å². The van der Waals surface area contributed by atoms with Crippen LogP contribution in [0.3, 0.4) is 0 Å². The predicted octanol–water partition coefficient (Wildman–Crippen LogP) is 10.1. The van der Waals surface area contributed by atoms with Crippen LogP contribution < -0.4 is 10.6 Å². The van der Waals surface area contributed by atoms with Crippen molar-refractivity contribution >= 4 is 11.7 Å². The first-order valence-corrected chi connectivity index (χ1v) is 19.0. The second kappa shape index (κ2) is 22.5. The lowest BCUT2D eigenvalue weighted by Gasteiger charge is -2.38. The molecule has 1 heterocycles. The Bertz CT molecular complexity index is 1290. The molecule has 49 heavy (non-hydrogen) atoms. The van der Waals surface area contributed by atoms with Gasteiger partial charge in [-0.05, 0) is 54.8 Å². The number of benzene rings is 3. The van der Waals surface area contributed by atoms with E-state index in [0.29, 0.717) is 12.2 Å². The van der Waals surface area contributed by atoms with E-state index in [1.165, 1.54) is 77.0 Å². The highest BCUT2D eigenvalue weighted by atomic mass is 16.7. The smallest absolute Gasteiger partial charge is 0.319 e. The zero-order chi connectivity index (χ0) is 34.5. The number of aliphatic hydroxyl groups excluding tert-OH is 1. The number of nitrogens with one attached hydrogen (secondary N) is 2. The zero-order valence-electron chi connectivity index (χ0n) is 30.1. The van der Waals surface area contributed by atoms with Crippen LogP contribution in [0.5, 0.6) is 0 Å². The molecule has 1 aliphatic rings. The van der Waals surface area contributed by atoms with Gasteiger partial charge < -0.3 is 30.1 Å². The second-order valence-electron chi connectivity index (χ2n) is 13.6. The molecule has 3 aromatic carbocycles. The standard InChI is InChI=1S/C42H61N3O4/c1-3-5-7-9-11-16-28-45(29-17-12-10-8-6-4-2)32-39-30-40(36-22-20-35(33-46)21-23-36)49-41(48-39)37-24-26-38(27-25-37)44-42(47)43-31-34-18-14-13-15-19-34/h13-15,18-27,39-41,46H,3-12,16-17,28-33H2,1-2H3,(H2,43,44,47). The molecular weight excluding hydrogens is 610 g/mol. The molecule has 0 spiro atoms. The van der Waals surface area contributed by atoms with E-state index in [9.17, 15) is 9.90 Å². The van der Waals surface area contributed by atoms with Crippen molar-refractivity contribution < 1.29 is 19.4 Å². The maximum Gasteiger partial charge on any atom is 0.319 e. The molecule has 3 unspecified atom stereocenters. The van der Waals surface area contributed by atoms with Crippen molar-refractivity contribution in [3.05, 3.63) is 101 Å². The number of hydrogen-bond donors (Lipinski definition) is 3. The summed E-state index contributed by atoms with van der Waals surface area (Å²) in [6.07, 6.45) is 15.7. The quantitative estimate of drug-likeness (QED) is 0.0927. The van der Waals surface area contributed by atoms with Crippen LogP contribution in [0, 0.1) is 0 Å². The minimum atomic E-state index is -0.521. The number of rotatable bonds is 22. The summed E-state index contributed by atoms with van der Waals surface area (Å²) in [6, 6.07) is 25.5. The molecular formula is C42H61N3O4. The molecule has 7 heteroatoms. The van der Waals surface area contributed by atoms with Gasteiger partial charge in [-0.2, -0.15) is 0 Å². The van der Waals surface area contributed by atoms with Gasteiger partial charge in [0, 0.05) is 30.8 Å². The van der Waals surface area contributed by atoms with Gasteiger partial charge in [0.25, 0.3) is 0 Å². The molecule has 3 N–H and O–H groups in total. The first-order valence-electron chi connectivity index (χ1n) is 19.0. The monoisotopic (exact) mass is 671 g/mol. The summed E-state index contributed by atoms with van der Waals surface area (Å²) in [5.74, 6) is 0. The lowest BCUT2D eigenvalue weighted by Crippen LogP contribution is -2.40. The number of carbonyl (C=O) groups excluding carboxylic acids is 1. The molecule has 2 amide bonds. The third-order valence-corrected chi connectivity index (χ3v) is 9.47. The fourth-order valence-electron chi connectivity index (χ4n) is 6.52. The highest BCUT2D eigenvalue weighted by molar-refractivity contribution is 5.89. The third-order valence-electron chi connectivity index (χ3n) is 9.47. The van der Waals surface area contributed by atoms with E-state index >= 15 is 0 Å². The number of nitrogens with zero attached hydrogens (tertiary/aromatic N) is 1. The third kappa shape index (κ3) is 14.3. The number of amides is 2. The molecule has 4 rings (SSSR count).